The van der Waals surface area contributed by atoms with E-state index in [0.717, 1.165) is 0 Å². The van der Waals surface area contributed by atoms with E-state index in [1.807, 2.05) is 0 Å². The maximum Gasteiger partial charge on any atom is 0.420 e. The number of rotatable bonds is 2. The van der Waals surface area contributed by atoms with Gasteiger partial charge < -0.3 is 5.11 Å². The number of aromatic hydroxyl groups is 1. The van der Waals surface area contributed by atoms with Gasteiger partial charge in [0.2, 0.25) is 0 Å². The van der Waals surface area contributed by atoms with Crippen LogP contribution in [-0.4, -0.2) is 16.4 Å². The van der Waals surface area contributed by atoms with Gasteiger partial charge in [0, 0.05) is 0 Å². The number of carbonyl (C=O) groups excluding carboxylic acids is 1. The summed E-state index contributed by atoms with van der Waals surface area (Å²) in [6.45, 7) is 0. The zero-order valence-corrected chi connectivity index (χ0v) is 7.42. The van der Waals surface area contributed by atoms with Crippen LogP contribution in [0.1, 0.15) is 28.2 Å². The maximum absolute atomic E-state index is 12.3. The molecule has 16 heavy (non-hydrogen) atoms. The van der Waals surface area contributed by atoms with Crippen LogP contribution in [0.15, 0.2) is 6.07 Å². The highest BCUT2D eigenvalue weighted by atomic mass is 19.4. The van der Waals surface area contributed by atoms with E-state index in [9.17, 15) is 26.7 Å². The van der Waals surface area contributed by atoms with Gasteiger partial charge in [0.05, 0.1) is 0 Å². The van der Waals surface area contributed by atoms with Crippen LogP contribution in [0.2, 0.25) is 0 Å². The second kappa shape index (κ2) is 4.03. The molecular formula is C8H4F5NO2. The van der Waals surface area contributed by atoms with Crippen molar-refractivity contribution in [2.24, 2.45) is 0 Å². The van der Waals surface area contributed by atoms with E-state index >= 15 is 0 Å². The van der Waals surface area contributed by atoms with Crippen LogP contribution < -0.4 is 0 Å². The summed E-state index contributed by atoms with van der Waals surface area (Å²) in [6, 6.07) is 0.00694. The van der Waals surface area contributed by atoms with Crippen LogP contribution in [0.3, 0.4) is 0 Å². The molecule has 1 heterocycles. The first kappa shape index (κ1) is 12.3. The molecule has 0 atom stereocenters. The summed E-state index contributed by atoms with van der Waals surface area (Å²) in [5.74, 6) is -1.45. The van der Waals surface area contributed by atoms with E-state index in [-0.39, 0.29) is 12.4 Å². The topological polar surface area (TPSA) is 50.2 Å². The normalized spacial score (nSPS) is 11.9. The molecule has 0 amide bonds. The molecule has 1 aromatic heterocycles. The van der Waals surface area contributed by atoms with Gasteiger partial charge in [-0.05, 0) is 6.07 Å². The highest BCUT2D eigenvalue weighted by molar-refractivity contribution is 5.77. The Balaban J connectivity index is 3.48. The maximum atomic E-state index is 12.3. The van der Waals surface area contributed by atoms with E-state index in [4.69, 9.17) is 5.11 Å². The molecular weight excluding hydrogens is 237 g/mol. The van der Waals surface area contributed by atoms with Crippen LogP contribution in [0, 0.1) is 0 Å². The number of aromatic nitrogens is 1. The highest BCUT2D eigenvalue weighted by Crippen LogP contribution is 2.38. The lowest BCUT2D eigenvalue weighted by molar-refractivity contribution is -0.139. The fraction of sp³-hybridized carbons (Fsp3) is 0.250. The lowest BCUT2D eigenvalue weighted by atomic mass is 10.1. The SMILES string of the molecule is O=Cc1nc(C(F)F)cc(C(F)(F)F)c1O. The predicted molar refractivity (Wildman–Crippen MR) is 41.2 cm³/mol. The third kappa shape index (κ3) is 2.26. The number of nitrogens with zero attached hydrogens (tertiary/aromatic N) is 1. The van der Waals surface area contributed by atoms with Crippen molar-refractivity contribution in [1.29, 1.82) is 0 Å². The Labute approximate surface area is 85.5 Å². The number of pyridine rings is 1. The van der Waals surface area contributed by atoms with Gasteiger partial charge in [-0.3, -0.25) is 4.79 Å². The number of alkyl halides is 5. The average molecular weight is 241 g/mol. The van der Waals surface area contributed by atoms with E-state index in [1.54, 1.807) is 0 Å². The number of halogens is 5. The van der Waals surface area contributed by atoms with Crippen molar-refractivity contribution in [1.82, 2.24) is 4.98 Å². The Bertz CT molecular complexity index is 416. The van der Waals surface area contributed by atoms with Gasteiger partial charge >= 0.3 is 6.18 Å². The molecule has 0 aromatic carbocycles. The lowest BCUT2D eigenvalue weighted by Crippen LogP contribution is -2.09. The second-order valence-electron chi connectivity index (χ2n) is 2.74. The quantitative estimate of drug-likeness (QED) is 0.639. The standard InChI is InChI=1S/C8H4F5NO2/c9-7(10)4-1-3(8(11,12)13)6(16)5(2-15)14-4/h1-2,7,16H. The molecule has 0 radical (unpaired) electrons. The molecule has 0 fully saturated rings. The fourth-order valence-electron chi connectivity index (χ4n) is 0.989. The summed E-state index contributed by atoms with van der Waals surface area (Å²) in [6.07, 6.45) is -8.52. The number of hydrogen-bond donors (Lipinski definition) is 1. The van der Waals surface area contributed by atoms with Gasteiger partial charge in [0.15, 0.2) is 12.0 Å². The first-order valence-corrected chi connectivity index (χ1v) is 3.81. The minimum atomic E-state index is -5.03. The molecule has 8 heteroatoms. The molecule has 88 valence electrons. The predicted octanol–water partition coefficient (Wildman–Crippen LogP) is 2.56. The third-order valence-electron chi connectivity index (χ3n) is 1.68. The largest absolute Gasteiger partial charge is 0.505 e. The summed E-state index contributed by atoms with van der Waals surface area (Å²) >= 11 is 0. The minimum absolute atomic E-state index is 0.00694. The lowest BCUT2D eigenvalue weighted by Gasteiger charge is -2.11. The van der Waals surface area contributed by atoms with Gasteiger partial charge in [0.1, 0.15) is 17.0 Å². The smallest absolute Gasteiger partial charge is 0.420 e. The van der Waals surface area contributed by atoms with E-state index < -0.39 is 35.3 Å². The molecule has 1 N–H and O–H groups in total. The molecule has 0 aliphatic rings. The molecule has 0 saturated heterocycles. The van der Waals surface area contributed by atoms with E-state index in [0.29, 0.717) is 0 Å². The molecule has 0 bridgehead atoms. The van der Waals surface area contributed by atoms with E-state index in [2.05, 4.69) is 4.98 Å². The molecule has 1 aromatic rings. The number of aldehydes is 1. The van der Waals surface area contributed by atoms with Crippen LogP contribution >= 0.6 is 0 Å². The first-order valence-electron chi connectivity index (χ1n) is 3.81. The molecule has 0 aliphatic carbocycles. The summed E-state index contributed by atoms with van der Waals surface area (Å²) in [5.41, 5.74) is -3.99. The highest BCUT2D eigenvalue weighted by Gasteiger charge is 2.36. The number of hydrogen-bond acceptors (Lipinski definition) is 3. The van der Waals surface area contributed by atoms with Crippen molar-refractivity contribution in [3.8, 4) is 5.75 Å². The average Bonchev–Trinajstić information content (AvgIpc) is 2.15. The Hall–Kier alpha value is -1.73. The van der Waals surface area contributed by atoms with Crippen LogP contribution in [0.4, 0.5) is 22.0 Å². The third-order valence-corrected chi connectivity index (χ3v) is 1.68. The van der Waals surface area contributed by atoms with Crippen molar-refractivity contribution in [2.45, 2.75) is 12.6 Å². The van der Waals surface area contributed by atoms with Crippen molar-refractivity contribution < 1.29 is 31.9 Å². The van der Waals surface area contributed by atoms with Crippen LogP contribution in [0.25, 0.3) is 0 Å². The zero-order chi connectivity index (χ0) is 12.5. The van der Waals surface area contributed by atoms with Crippen molar-refractivity contribution in [2.75, 3.05) is 0 Å². The molecule has 1 rings (SSSR count). The number of carbonyl (C=O) groups is 1. The minimum Gasteiger partial charge on any atom is -0.505 e. The molecule has 3 nitrogen and oxygen atoms in total. The van der Waals surface area contributed by atoms with Gasteiger partial charge in [-0.2, -0.15) is 13.2 Å². The first-order chi connectivity index (χ1) is 7.27. The summed E-state index contributed by atoms with van der Waals surface area (Å²) < 4.78 is 61.1. The van der Waals surface area contributed by atoms with Crippen LogP contribution in [0.5, 0.6) is 5.75 Å². The van der Waals surface area contributed by atoms with Gasteiger partial charge in [-0.15, -0.1) is 0 Å². The van der Waals surface area contributed by atoms with Gasteiger partial charge in [-0.1, -0.05) is 0 Å². The Morgan fingerprint density at radius 1 is 1.38 bits per heavy atom. The molecule has 0 saturated carbocycles. The Morgan fingerprint density at radius 3 is 2.31 bits per heavy atom. The summed E-state index contributed by atoms with van der Waals surface area (Å²) in [7, 11) is 0. The molecule has 0 unspecified atom stereocenters. The van der Waals surface area contributed by atoms with Crippen molar-refractivity contribution in [3.63, 3.8) is 0 Å². The molecule has 0 aliphatic heterocycles. The second-order valence-corrected chi connectivity index (χ2v) is 2.74. The monoisotopic (exact) mass is 241 g/mol. The van der Waals surface area contributed by atoms with Gasteiger partial charge in [0.25, 0.3) is 6.43 Å². The van der Waals surface area contributed by atoms with E-state index in [1.165, 1.54) is 0 Å². The fourth-order valence-corrected chi connectivity index (χ4v) is 0.989. The molecule has 0 spiro atoms. The zero-order valence-electron chi connectivity index (χ0n) is 7.42. The van der Waals surface area contributed by atoms with Crippen LogP contribution in [-0.2, 0) is 6.18 Å². The summed E-state index contributed by atoms with van der Waals surface area (Å²) in [5, 5.41) is 8.97. The van der Waals surface area contributed by atoms with Gasteiger partial charge in [-0.25, -0.2) is 13.8 Å². The Morgan fingerprint density at radius 2 is 1.94 bits per heavy atom. The Kier molecular flexibility index (Phi) is 3.11. The van der Waals surface area contributed by atoms with Crippen molar-refractivity contribution in [3.05, 3.63) is 23.0 Å². The van der Waals surface area contributed by atoms with Crippen molar-refractivity contribution >= 4 is 6.29 Å². The summed E-state index contributed by atoms with van der Waals surface area (Å²) in [4.78, 5) is 13.1.